The molecule has 1 aromatic carbocycles. The van der Waals surface area contributed by atoms with Crippen molar-refractivity contribution in [3.63, 3.8) is 0 Å². The predicted molar refractivity (Wildman–Crippen MR) is 76.6 cm³/mol. The predicted octanol–water partition coefficient (Wildman–Crippen LogP) is 2.80. The molecule has 0 aliphatic rings. The summed E-state index contributed by atoms with van der Waals surface area (Å²) >= 11 is 7.13. The van der Waals surface area contributed by atoms with Crippen LogP contribution in [0.3, 0.4) is 0 Å². The molecule has 0 heterocycles. The summed E-state index contributed by atoms with van der Waals surface area (Å²) in [7, 11) is 0. The molecule has 0 radical (unpaired) electrons. The zero-order valence-electron chi connectivity index (χ0n) is 10.9. The quantitative estimate of drug-likeness (QED) is 0.821. The van der Waals surface area contributed by atoms with E-state index in [9.17, 15) is 9.59 Å². The van der Waals surface area contributed by atoms with E-state index in [2.05, 4.69) is 5.32 Å². The summed E-state index contributed by atoms with van der Waals surface area (Å²) < 4.78 is 0. The number of hydrogen-bond acceptors (Lipinski definition) is 3. The Bertz CT molecular complexity index is 473. The van der Waals surface area contributed by atoms with Gasteiger partial charge in [0.1, 0.15) is 5.54 Å². The highest BCUT2D eigenvalue weighted by molar-refractivity contribution is 8.00. The van der Waals surface area contributed by atoms with Crippen molar-refractivity contribution in [2.24, 2.45) is 0 Å². The summed E-state index contributed by atoms with van der Waals surface area (Å²) in [4.78, 5) is 23.8. The number of aliphatic carboxylic acids is 1. The number of nitrogens with one attached hydrogen (secondary N) is 1. The van der Waals surface area contributed by atoms with E-state index in [1.807, 2.05) is 12.1 Å². The average molecular weight is 302 g/mol. The molecule has 2 N–H and O–H groups in total. The van der Waals surface area contributed by atoms with Crippen LogP contribution in [0.5, 0.6) is 0 Å². The molecule has 0 saturated carbocycles. The number of hydrogen-bond donors (Lipinski definition) is 2. The van der Waals surface area contributed by atoms with Crippen LogP contribution in [0.1, 0.15) is 20.8 Å². The molecule has 0 bridgehead atoms. The average Bonchev–Trinajstić information content (AvgIpc) is 2.31. The van der Waals surface area contributed by atoms with Crippen LogP contribution in [0, 0.1) is 0 Å². The van der Waals surface area contributed by atoms with Crippen LogP contribution in [0.4, 0.5) is 0 Å². The summed E-state index contributed by atoms with van der Waals surface area (Å²) in [5.41, 5.74) is -1.27. The summed E-state index contributed by atoms with van der Waals surface area (Å²) in [6.07, 6.45) is 0. The van der Waals surface area contributed by atoms with Crippen LogP contribution in [0.25, 0.3) is 0 Å². The first-order valence-electron chi connectivity index (χ1n) is 5.70. The van der Waals surface area contributed by atoms with E-state index in [-0.39, 0.29) is 11.2 Å². The molecule has 1 aromatic rings. The molecule has 1 amide bonds. The molecule has 6 heteroatoms. The van der Waals surface area contributed by atoms with Crippen molar-refractivity contribution in [2.75, 3.05) is 0 Å². The second-order valence-electron chi connectivity index (χ2n) is 4.63. The summed E-state index contributed by atoms with van der Waals surface area (Å²) in [5, 5.41) is 11.7. The number of halogens is 1. The minimum absolute atomic E-state index is 0.313. The highest BCUT2D eigenvalue weighted by Crippen LogP contribution is 2.25. The van der Waals surface area contributed by atoms with Crippen LogP contribution in [0.15, 0.2) is 29.2 Å². The van der Waals surface area contributed by atoms with Crippen molar-refractivity contribution in [3.05, 3.63) is 29.3 Å². The van der Waals surface area contributed by atoms with E-state index in [1.54, 1.807) is 19.1 Å². The molecule has 0 aromatic heterocycles. The van der Waals surface area contributed by atoms with E-state index in [4.69, 9.17) is 16.7 Å². The van der Waals surface area contributed by atoms with E-state index < -0.39 is 11.5 Å². The van der Waals surface area contributed by atoms with Gasteiger partial charge in [-0.3, -0.25) is 4.79 Å². The Morgan fingerprint density at radius 2 is 1.84 bits per heavy atom. The first-order valence-corrected chi connectivity index (χ1v) is 6.96. The monoisotopic (exact) mass is 301 g/mol. The normalized spacial score (nSPS) is 12.8. The number of thioether (sulfide) groups is 1. The number of carbonyl (C=O) groups is 2. The molecule has 0 fully saturated rings. The minimum atomic E-state index is -1.27. The molecular formula is C13H16ClNO3S. The van der Waals surface area contributed by atoms with Crippen LogP contribution >= 0.6 is 23.4 Å². The van der Waals surface area contributed by atoms with Crippen molar-refractivity contribution in [1.82, 2.24) is 5.32 Å². The Morgan fingerprint density at radius 1 is 1.32 bits per heavy atom. The first-order chi connectivity index (χ1) is 8.72. The Morgan fingerprint density at radius 3 is 2.32 bits per heavy atom. The smallest absolute Gasteiger partial charge is 0.328 e. The number of amides is 1. The second-order valence-corrected chi connectivity index (χ2v) is 6.48. The third-order valence-corrected chi connectivity index (χ3v) is 3.83. The lowest BCUT2D eigenvalue weighted by atomic mass is 10.1. The molecule has 1 atom stereocenters. The molecule has 0 spiro atoms. The zero-order chi connectivity index (χ0) is 14.6. The third kappa shape index (κ3) is 4.76. The standard InChI is InChI=1S/C13H16ClNO3S/c1-8(11(16)15-13(2,3)12(17)18)19-10-6-4-9(14)5-7-10/h4-8H,1-3H3,(H,15,16)(H,17,18). The van der Waals surface area contributed by atoms with Crippen LogP contribution in [-0.4, -0.2) is 27.8 Å². The van der Waals surface area contributed by atoms with E-state index in [0.29, 0.717) is 5.02 Å². The maximum Gasteiger partial charge on any atom is 0.328 e. The number of carbonyl (C=O) groups excluding carboxylic acids is 1. The number of rotatable bonds is 5. The summed E-state index contributed by atoms with van der Waals surface area (Å²) in [6.45, 7) is 4.63. The van der Waals surface area contributed by atoms with Gasteiger partial charge in [-0.2, -0.15) is 0 Å². The Hall–Kier alpha value is -1.20. The third-order valence-electron chi connectivity index (χ3n) is 2.47. The molecule has 0 saturated heterocycles. The maximum absolute atomic E-state index is 11.9. The van der Waals surface area contributed by atoms with Gasteiger partial charge in [0, 0.05) is 9.92 Å². The molecule has 1 unspecified atom stereocenters. The molecule has 1 rings (SSSR count). The number of carboxylic acids is 1. The lowest BCUT2D eigenvalue weighted by Gasteiger charge is -2.23. The Kier molecular flexibility index (Phi) is 5.26. The number of benzene rings is 1. The van der Waals surface area contributed by atoms with Gasteiger partial charge >= 0.3 is 5.97 Å². The van der Waals surface area contributed by atoms with Crippen molar-refractivity contribution in [1.29, 1.82) is 0 Å². The van der Waals surface area contributed by atoms with Crippen molar-refractivity contribution in [2.45, 2.75) is 36.5 Å². The minimum Gasteiger partial charge on any atom is -0.480 e. The van der Waals surface area contributed by atoms with Gasteiger partial charge in [-0.25, -0.2) is 4.79 Å². The SMILES string of the molecule is CC(Sc1ccc(Cl)cc1)C(=O)NC(C)(C)C(=O)O. The van der Waals surface area contributed by atoms with E-state index in [1.165, 1.54) is 25.6 Å². The van der Waals surface area contributed by atoms with Gasteiger partial charge in [0.2, 0.25) is 5.91 Å². The zero-order valence-corrected chi connectivity index (χ0v) is 12.5. The maximum atomic E-state index is 11.9. The van der Waals surface area contributed by atoms with Gasteiger partial charge < -0.3 is 10.4 Å². The van der Waals surface area contributed by atoms with E-state index in [0.717, 1.165) is 4.90 Å². The van der Waals surface area contributed by atoms with Gasteiger partial charge in [-0.15, -0.1) is 11.8 Å². The Labute approximate surface area is 121 Å². The lowest BCUT2D eigenvalue weighted by Crippen LogP contribution is -2.51. The highest BCUT2D eigenvalue weighted by Gasteiger charge is 2.30. The van der Waals surface area contributed by atoms with Crippen LogP contribution < -0.4 is 5.32 Å². The lowest BCUT2D eigenvalue weighted by molar-refractivity contribution is -0.145. The highest BCUT2D eigenvalue weighted by atomic mass is 35.5. The molecule has 104 valence electrons. The molecule has 4 nitrogen and oxygen atoms in total. The van der Waals surface area contributed by atoms with Gasteiger partial charge in [-0.1, -0.05) is 11.6 Å². The fourth-order valence-corrected chi connectivity index (χ4v) is 2.23. The summed E-state index contributed by atoms with van der Waals surface area (Å²) in [5.74, 6) is -1.38. The van der Waals surface area contributed by atoms with Crippen molar-refractivity contribution in [3.8, 4) is 0 Å². The van der Waals surface area contributed by atoms with Gasteiger partial charge in [0.05, 0.1) is 5.25 Å². The number of carboxylic acid groups (broad SMARTS) is 1. The van der Waals surface area contributed by atoms with Gasteiger partial charge in [0.25, 0.3) is 0 Å². The van der Waals surface area contributed by atoms with Crippen LogP contribution in [0.2, 0.25) is 5.02 Å². The molecule has 0 aliphatic heterocycles. The van der Waals surface area contributed by atoms with Gasteiger partial charge in [-0.05, 0) is 45.0 Å². The Balaban J connectivity index is 2.63. The molecule has 19 heavy (non-hydrogen) atoms. The first kappa shape index (κ1) is 15.9. The fraction of sp³-hybridized carbons (Fsp3) is 0.385. The fourth-order valence-electron chi connectivity index (χ4n) is 1.23. The van der Waals surface area contributed by atoms with Gasteiger partial charge in [0.15, 0.2) is 0 Å². The molecular weight excluding hydrogens is 286 g/mol. The largest absolute Gasteiger partial charge is 0.480 e. The van der Waals surface area contributed by atoms with Crippen molar-refractivity contribution >= 4 is 35.2 Å². The summed E-state index contributed by atoms with van der Waals surface area (Å²) in [6, 6.07) is 7.13. The second kappa shape index (κ2) is 6.30. The molecule has 0 aliphatic carbocycles. The van der Waals surface area contributed by atoms with Crippen molar-refractivity contribution < 1.29 is 14.7 Å². The topological polar surface area (TPSA) is 66.4 Å². The van der Waals surface area contributed by atoms with Crippen LogP contribution in [-0.2, 0) is 9.59 Å². The van der Waals surface area contributed by atoms with E-state index >= 15 is 0 Å².